The summed E-state index contributed by atoms with van der Waals surface area (Å²) in [5.41, 5.74) is 3.00. The standard InChI is InChI=1S/C20H24FNO2.C2H7NO/c1-20(2,10-9-14-7-8-18(23)19(11-14)24-3)22-12-15-5-4-6-17(21)16(15)13-22;1-3(2)4/h4-8,11,23H,9-10,12-13H2,1-3H3;4H,1-2H3. The molecule has 2 aromatic rings. The summed E-state index contributed by atoms with van der Waals surface area (Å²) in [6.07, 6.45) is 1.81. The zero-order valence-electron chi connectivity index (χ0n) is 17.4. The molecule has 0 atom stereocenters. The van der Waals surface area contributed by atoms with Crippen molar-refractivity contribution in [1.82, 2.24) is 9.96 Å². The van der Waals surface area contributed by atoms with Gasteiger partial charge in [-0.3, -0.25) is 4.90 Å². The van der Waals surface area contributed by atoms with Crippen molar-refractivity contribution in [3.8, 4) is 11.5 Å². The van der Waals surface area contributed by atoms with Gasteiger partial charge in [0.2, 0.25) is 0 Å². The van der Waals surface area contributed by atoms with E-state index in [0.717, 1.165) is 41.1 Å². The van der Waals surface area contributed by atoms with Crippen LogP contribution in [0.5, 0.6) is 11.5 Å². The molecule has 3 rings (SSSR count). The number of phenols is 1. The van der Waals surface area contributed by atoms with E-state index in [0.29, 0.717) is 12.3 Å². The number of hydrogen-bond acceptors (Lipinski definition) is 5. The lowest BCUT2D eigenvalue weighted by atomic mass is 9.93. The van der Waals surface area contributed by atoms with Crippen LogP contribution >= 0.6 is 0 Å². The highest BCUT2D eigenvalue weighted by atomic mass is 19.1. The highest BCUT2D eigenvalue weighted by molar-refractivity contribution is 5.41. The van der Waals surface area contributed by atoms with Crippen molar-refractivity contribution in [2.24, 2.45) is 0 Å². The molecule has 0 bridgehead atoms. The van der Waals surface area contributed by atoms with Crippen molar-refractivity contribution in [3.05, 3.63) is 58.9 Å². The highest BCUT2D eigenvalue weighted by Gasteiger charge is 2.32. The molecular formula is C22H31FN2O3. The molecule has 1 heterocycles. The van der Waals surface area contributed by atoms with E-state index in [9.17, 15) is 9.50 Å². The minimum absolute atomic E-state index is 0.0451. The average molecular weight is 390 g/mol. The summed E-state index contributed by atoms with van der Waals surface area (Å²) < 4.78 is 19.1. The minimum atomic E-state index is -0.103. The summed E-state index contributed by atoms with van der Waals surface area (Å²) in [4.78, 5) is 2.33. The lowest BCUT2D eigenvalue weighted by Gasteiger charge is -2.35. The summed E-state index contributed by atoms with van der Waals surface area (Å²) in [5.74, 6) is 0.556. The SMILES string of the molecule is CN(C)O.COc1cc(CCC(C)(C)N2Cc3cccc(F)c3C2)ccc1O. The van der Waals surface area contributed by atoms with Crippen molar-refractivity contribution in [2.45, 2.75) is 45.3 Å². The van der Waals surface area contributed by atoms with Crippen molar-refractivity contribution in [1.29, 1.82) is 0 Å². The van der Waals surface area contributed by atoms with Crippen LogP contribution in [0.25, 0.3) is 0 Å². The van der Waals surface area contributed by atoms with Gasteiger partial charge in [-0.2, -0.15) is 5.06 Å². The third-order valence-corrected chi connectivity index (χ3v) is 5.05. The van der Waals surface area contributed by atoms with Crippen LogP contribution in [-0.2, 0) is 19.5 Å². The predicted octanol–water partition coefficient (Wildman–Crippen LogP) is 4.20. The molecule has 0 aromatic heterocycles. The molecule has 6 heteroatoms. The van der Waals surface area contributed by atoms with Gasteiger partial charge in [0.25, 0.3) is 0 Å². The number of aromatic hydroxyl groups is 1. The second-order valence-corrected chi connectivity index (χ2v) is 7.90. The van der Waals surface area contributed by atoms with Crippen molar-refractivity contribution >= 4 is 0 Å². The quantitative estimate of drug-likeness (QED) is 0.750. The number of ether oxygens (including phenoxy) is 1. The molecule has 0 spiro atoms. The molecule has 2 N–H and O–H groups in total. The number of nitrogens with zero attached hydrogens (tertiary/aromatic N) is 2. The molecule has 0 aliphatic carbocycles. The van der Waals surface area contributed by atoms with Crippen molar-refractivity contribution in [3.63, 3.8) is 0 Å². The number of halogens is 1. The van der Waals surface area contributed by atoms with Crippen LogP contribution in [0.15, 0.2) is 36.4 Å². The molecule has 0 saturated heterocycles. The summed E-state index contributed by atoms with van der Waals surface area (Å²) in [7, 11) is 4.67. The van der Waals surface area contributed by atoms with Crippen molar-refractivity contribution in [2.75, 3.05) is 21.2 Å². The first-order valence-electron chi connectivity index (χ1n) is 9.37. The Kier molecular flexibility index (Phi) is 7.41. The monoisotopic (exact) mass is 390 g/mol. The molecular weight excluding hydrogens is 359 g/mol. The molecule has 0 saturated carbocycles. The first-order valence-corrected chi connectivity index (χ1v) is 9.37. The number of phenolic OH excluding ortho intramolecular Hbond substituents is 1. The molecule has 154 valence electrons. The Morgan fingerprint density at radius 2 is 1.86 bits per heavy atom. The first-order chi connectivity index (χ1) is 13.1. The van der Waals surface area contributed by atoms with Crippen LogP contribution in [0.3, 0.4) is 0 Å². The van der Waals surface area contributed by atoms with Gasteiger partial charge in [-0.25, -0.2) is 4.39 Å². The molecule has 0 fully saturated rings. The third-order valence-electron chi connectivity index (χ3n) is 5.05. The summed E-state index contributed by atoms with van der Waals surface area (Å²) in [6, 6.07) is 10.8. The van der Waals surface area contributed by atoms with E-state index in [-0.39, 0.29) is 17.1 Å². The van der Waals surface area contributed by atoms with E-state index < -0.39 is 0 Å². The molecule has 1 aliphatic rings. The Morgan fingerprint density at radius 3 is 2.46 bits per heavy atom. The molecule has 0 amide bonds. The van der Waals surface area contributed by atoms with E-state index in [2.05, 4.69) is 18.7 Å². The van der Waals surface area contributed by atoms with Crippen LogP contribution in [0.4, 0.5) is 4.39 Å². The average Bonchev–Trinajstić information content (AvgIpc) is 3.07. The summed E-state index contributed by atoms with van der Waals surface area (Å²) in [6.45, 7) is 5.86. The molecule has 0 radical (unpaired) electrons. The summed E-state index contributed by atoms with van der Waals surface area (Å²) in [5, 5.41) is 18.6. The van der Waals surface area contributed by atoms with E-state index in [4.69, 9.17) is 9.94 Å². The molecule has 1 aliphatic heterocycles. The zero-order chi connectivity index (χ0) is 20.9. The topological polar surface area (TPSA) is 56.2 Å². The highest BCUT2D eigenvalue weighted by Crippen LogP contribution is 2.34. The molecule has 0 unspecified atom stereocenters. The Balaban J connectivity index is 0.000000640. The Morgan fingerprint density at radius 1 is 1.18 bits per heavy atom. The van der Waals surface area contributed by atoms with E-state index in [1.165, 1.54) is 6.07 Å². The van der Waals surface area contributed by atoms with Gasteiger partial charge >= 0.3 is 0 Å². The number of hydroxylamine groups is 2. The normalized spacial score (nSPS) is 13.9. The molecule has 2 aromatic carbocycles. The fourth-order valence-corrected chi connectivity index (χ4v) is 3.29. The Labute approximate surface area is 166 Å². The fraction of sp³-hybridized carbons (Fsp3) is 0.455. The predicted molar refractivity (Wildman–Crippen MR) is 108 cm³/mol. The smallest absolute Gasteiger partial charge is 0.160 e. The maximum absolute atomic E-state index is 14.0. The summed E-state index contributed by atoms with van der Waals surface area (Å²) >= 11 is 0. The van der Waals surface area contributed by atoms with Crippen LogP contribution in [0.2, 0.25) is 0 Å². The maximum atomic E-state index is 14.0. The number of benzene rings is 2. The fourth-order valence-electron chi connectivity index (χ4n) is 3.29. The molecule has 5 nitrogen and oxygen atoms in total. The molecule has 28 heavy (non-hydrogen) atoms. The lowest BCUT2D eigenvalue weighted by Crippen LogP contribution is -2.40. The van der Waals surface area contributed by atoms with Gasteiger partial charge in [0.05, 0.1) is 7.11 Å². The maximum Gasteiger partial charge on any atom is 0.160 e. The van der Waals surface area contributed by atoms with Gasteiger partial charge in [-0.15, -0.1) is 0 Å². The number of hydrogen-bond donors (Lipinski definition) is 2. The van der Waals surface area contributed by atoms with Gasteiger partial charge in [-0.05, 0) is 56.0 Å². The van der Waals surface area contributed by atoms with Gasteiger partial charge < -0.3 is 15.1 Å². The van der Waals surface area contributed by atoms with Gasteiger partial charge in [0.15, 0.2) is 11.5 Å². The number of aryl methyl sites for hydroxylation is 1. The number of fused-ring (bicyclic) bond motifs is 1. The largest absolute Gasteiger partial charge is 0.504 e. The van der Waals surface area contributed by atoms with Crippen LogP contribution < -0.4 is 4.74 Å². The Bertz CT molecular complexity index is 791. The van der Waals surface area contributed by atoms with Crippen molar-refractivity contribution < 1.29 is 19.4 Å². The van der Waals surface area contributed by atoms with Gasteiger partial charge in [-0.1, -0.05) is 18.2 Å². The van der Waals surface area contributed by atoms with Gasteiger partial charge in [0.1, 0.15) is 5.82 Å². The second kappa shape index (κ2) is 9.37. The van der Waals surface area contributed by atoms with Gasteiger partial charge in [0, 0.05) is 38.3 Å². The van der Waals surface area contributed by atoms with E-state index in [1.807, 2.05) is 18.2 Å². The Hall–Kier alpha value is -2.15. The van der Waals surface area contributed by atoms with Crippen LogP contribution in [0.1, 0.15) is 37.0 Å². The van der Waals surface area contributed by atoms with E-state index >= 15 is 0 Å². The minimum Gasteiger partial charge on any atom is -0.504 e. The van der Waals surface area contributed by atoms with Crippen LogP contribution in [-0.4, -0.2) is 47.0 Å². The zero-order valence-corrected chi connectivity index (χ0v) is 17.4. The lowest BCUT2D eigenvalue weighted by molar-refractivity contribution is -0.0372. The second-order valence-electron chi connectivity index (χ2n) is 7.90. The van der Waals surface area contributed by atoms with E-state index in [1.54, 1.807) is 33.3 Å². The first kappa shape index (κ1) is 22.1. The number of methoxy groups -OCH3 is 1. The third kappa shape index (κ3) is 5.67. The van der Waals surface area contributed by atoms with Crippen LogP contribution in [0, 0.1) is 5.82 Å². The number of rotatable bonds is 5.